The number of carboxylic acids is 1. The summed E-state index contributed by atoms with van der Waals surface area (Å²) < 4.78 is 38.7. The number of rotatable bonds is 3. The van der Waals surface area contributed by atoms with E-state index in [-0.39, 0.29) is 5.01 Å². The summed E-state index contributed by atoms with van der Waals surface area (Å²) in [6, 6.07) is 9.12. The molecule has 2 aromatic rings. The summed E-state index contributed by atoms with van der Waals surface area (Å²) in [5.41, 5.74) is -0.971. The average molecular weight is 313 g/mol. The van der Waals surface area contributed by atoms with E-state index < -0.39 is 28.1 Å². The number of hydrogen-bond donors (Lipinski definition) is 1. The molecule has 3 rings (SSSR count). The van der Waals surface area contributed by atoms with E-state index in [9.17, 15) is 18.0 Å². The van der Waals surface area contributed by atoms with Crippen molar-refractivity contribution in [3.63, 3.8) is 0 Å². The second kappa shape index (κ2) is 4.56. The maximum Gasteiger partial charge on any atom is 0.435 e. The topological polar surface area (TPSA) is 50.2 Å². The number of nitrogens with zero attached hydrogens (tertiary/aromatic N) is 1. The average Bonchev–Trinajstić information content (AvgIpc) is 3.10. The lowest BCUT2D eigenvalue weighted by Crippen LogP contribution is -2.13. The highest BCUT2D eigenvalue weighted by atomic mass is 32.1. The first-order chi connectivity index (χ1) is 9.84. The van der Waals surface area contributed by atoms with Gasteiger partial charge in [-0.2, -0.15) is 13.2 Å². The van der Waals surface area contributed by atoms with Crippen LogP contribution in [0.3, 0.4) is 0 Å². The molecule has 0 amide bonds. The summed E-state index contributed by atoms with van der Waals surface area (Å²) in [7, 11) is 0. The fourth-order valence-electron chi connectivity index (χ4n) is 2.37. The normalized spacial score (nSPS) is 16.7. The standard InChI is InChI=1S/C14H10F3NO2S/c15-14(16,17)10-9(11(19)20)21-12(18-10)13(6-7-13)8-4-2-1-3-5-8/h1-5H,6-7H2,(H,19,20). The Morgan fingerprint density at radius 1 is 1.24 bits per heavy atom. The Morgan fingerprint density at radius 2 is 1.86 bits per heavy atom. The fourth-order valence-corrected chi connectivity index (χ4v) is 3.56. The highest BCUT2D eigenvalue weighted by Crippen LogP contribution is 2.55. The lowest BCUT2D eigenvalue weighted by atomic mass is 9.97. The third-order valence-electron chi connectivity index (χ3n) is 3.58. The molecule has 3 nitrogen and oxygen atoms in total. The minimum Gasteiger partial charge on any atom is -0.477 e. The van der Waals surface area contributed by atoms with Gasteiger partial charge in [0.2, 0.25) is 0 Å². The molecule has 1 aliphatic rings. The predicted octanol–water partition coefficient (Wildman–Crippen LogP) is 3.94. The molecule has 1 N–H and O–H groups in total. The lowest BCUT2D eigenvalue weighted by molar-refractivity contribution is -0.141. The number of aromatic nitrogens is 1. The number of carbonyl (C=O) groups is 1. The van der Waals surface area contributed by atoms with Crippen LogP contribution >= 0.6 is 11.3 Å². The van der Waals surface area contributed by atoms with E-state index in [1.54, 1.807) is 0 Å². The van der Waals surface area contributed by atoms with Gasteiger partial charge in [0.25, 0.3) is 0 Å². The summed E-state index contributed by atoms with van der Waals surface area (Å²) in [6.45, 7) is 0. The maximum absolute atomic E-state index is 12.9. The zero-order valence-electron chi connectivity index (χ0n) is 10.6. The van der Waals surface area contributed by atoms with Gasteiger partial charge in [-0.3, -0.25) is 0 Å². The molecular weight excluding hydrogens is 303 g/mol. The van der Waals surface area contributed by atoms with Crippen molar-refractivity contribution in [2.24, 2.45) is 0 Å². The number of carboxylic acid groups (broad SMARTS) is 1. The number of thiazole rings is 1. The Kier molecular flexibility index (Phi) is 3.05. The Labute approximate surface area is 122 Å². The summed E-state index contributed by atoms with van der Waals surface area (Å²) >= 11 is 0.628. The van der Waals surface area contributed by atoms with E-state index in [2.05, 4.69) is 4.98 Å². The van der Waals surface area contributed by atoms with Crippen molar-refractivity contribution in [3.8, 4) is 0 Å². The molecule has 1 aliphatic carbocycles. The highest BCUT2D eigenvalue weighted by Gasteiger charge is 2.51. The van der Waals surface area contributed by atoms with E-state index in [1.807, 2.05) is 30.3 Å². The summed E-state index contributed by atoms with van der Waals surface area (Å²) in [5, 5.41) is 9.20. The molecule has 1 saturated carbocycles. The van der Waals surface area contributed by atoms with Crippen molar-refractivity contribution in [3.05, 3.63) is 51.5 Å². The molecule has 0 bridgehead atoms. The summed E-state index contributed by atoms with van der Waals surface area (Å²) in [6.07, 6.45) is -3.39. The van der Waals surface area contributed by atoms with Gasteiger partial charge in [0.15, 0.2) is 5.69 Å². The van der Waals surface area contributed by atoms with Crippen LogP contribution in [0.4, 0.5) is 13.2 Å². The Morgan fingerprint density at radius 3 is 2.29 bits per heavy atom. The first kappa shape index (κ1) is 14.1. The first-order valence-electron chi connectivity index (χ1n) is 6.22. The van der Waals surface area contributed by atoms with Crippen molar-refractivity contribution in [2.75, 3.05) is 0 Å². The molecule has 1 aromatic carbocycles. The number of benzene rings is 1. The number of aromatic carboxylic acids is 1. The molecule has 0 aliphatic heterocycles. The van der Waals surface area contributed by atoms with Crippen LogP contribution < -0.4 is 0 Å². The third-order valence-corrected chi connectivity index (χ3v) is 4.82. The van der Waals surface area contributed by atoms with Gasteiger partial charge in [-0.05, 0) is 18.4 Å². The molecule has 1 heterocycles. The molecule has 0 spiro atoms. The van der Waals surface area contributed by atoms with Gasteiger partial charge in [-0.1, -0.05) is 30.3 Å². The molecule has 0 unspecified atom stereocenters. The van der Waals surface area contributed by atoms with Crippen molar-refractivity contribution in [2.45, 2.75) is 24.4 Å². The molecule has 0 saturated heterocycles. The van der Waals surface area contributed by atoms with Crippen LogP contribution in [-0.2, 0) is 11.6 Å². The number of halogens is 3. The second-order valence-corrected chi connectivity index (χ2v) is 5.95. The first-order valence-corrected chi connectivity index (χ1v) is 7.03. The second-order valence-electron chi connectivity index (χ2n) is 4.95. The Bertz CT molecular complexity index is 690. The minimum atomic E-state index is -4.75. The molecule has 0 radical (unpaired) electrons. The van der Waals surface area contributed by atoms with Gasteiger partial charge >= 0.3 is 12.1 Å². The van der Waals surface area contributed by atoms with E-state index in [1.165, 1.54) is 0 Å². The zero-order chi connectivity index (χ0) is 15.3. The Hall–Kier alpha value is -1.89. The van der Waals surface area contributed by atoms with E-state index in [0.29, 0.717) is 24.2 Å². The van der Waals surface area contributed by atoms with Gasteiger partial charge < -0.3 is 5.11 Å². The van der Waals surface area contributed by atoms with Crippen molar-refractivity contribution < 1.29 is 23.1 Å². The smallest absolute Gasteiger partial charge is 0.435 e. The fraction of sp³-hybridized carbons (Fsp3) is 0.286. The number of alkyl halides is 3. The van der Waals surface area contributed by atoms with Crippen LogP contribution in [0.2, 0.25) is 0 Å². The van der Waals surface area contributed by atoms with Crippen LogP contribution in [0.5, 0.6) is 0 Å². The maximum atomic E-state index is 12.9. The molecule has 1 fully saturated rings. The molecular formula is C14H10F3NO2S. The van der Waals surface area contributed by atoms with E-state index in [0.717, 1.165) is 5.56 Å². The largest absolute Gasteiger partial charge is 0.477 e. The van der Waals surface area contributed by atoms with Crippen LogP contribution in [-0.4, -0.2) is 16.1 Å². The van der Waals surface area contributed by atoms with Crippen molar-refractivity contribution in [1.29, 1.82) is 0 Å². The monoisotopic (exact) mass is 313 g/mol. The third kappa shape index (κ3) is 2.31. The molecule has 110 valence electrons. The van der Waals surface area contributed by atoms with Gasteiger partial charge in [0, 0.05) is 5.41 Å². The van der Waals surface area contributed by atoms with Crippen molar-refractivity contribution in [1.82, 2.24) is 4.98 Å². The van der Waals surface area contributed by atoms with Crippen LogP contribution in [0, 0.1) is 0 Å². The lowest BCUT2D eigenvalue weighted by Gasteiger charge is -2.12. The van der Waals surface area contributed by atoms with E-state index >= 15 is 0 Å². The predicted molar refractivity (Wildman–Crippen MR) is 70.5 cm³/mol. The zero-order valence-corrected chi connectivity index (χ0v) is 11.5. The molecule has 0 atom stereocenters. The van der Waals surface area contributed by atoms with Gasteiger partial charge in [-0.25, -0.2) is 9.78 Å². The van der Waals surface area contributed by atoms with Gasteiger partial charge in [0.1, 0.15) is 9.88 Å². The van der Waals surface area contributed by atoms with E-state index in [4.69, 9.17) is 5.11 Å². The molecule has 1 aromatic heterocycles. The Balaban J connectivity index is 2.11. The SMILES string of the molecule is O=C(O)c1sc(C2(c3ccccc3)CC2)nc1C(F)(F)F. The van der Waals surface area contributed by atoms with Crippen LogP contribution in [0.1, 0.15) is 38.8 Å². The van der Waals surface area contributed by atoms with Crippen molar-refractivity contribution >= 4 is 17.3 Å². The van der Waals surface area contributed by atoms with Crippen LogP contribution in [0.15, 0.2) is 30.3 Å². The van der Waals surface area contributed by atoms with Gasteiger partial charge in [-0.15, -0.1) is 11.3 Å². The highest BCUT2D eigenvalue weighted by molar-refractivity contribution is 7.14. The molecule has 21 heavy (non-hydrogen) atoms. The minimum absolute atomic E-state index is 0.235. The quantitative estimate of drug-likeness (QED) is 0.933. The molecule has 7 heteroatoms. The van der Waals surface area contributed by atoms with Crippen LogP contribution in [0.25, 0.3) is 0 Å². The number of hydrogen-bond acceptors (Lipinski definition) is 3. The summed E-state index contributed by atoms with van der Waals surface area (Å²) in [5.74, 6) is -1.59. The van der Waals surface area contributed by atoms with Gasteiger partial charge in [0.05, 0.1) is 0 Å². The summed E-state index contributed by atoms with van der Waals surface area (Å²) in [4.78, 5) is 13.9.